The molecule has 4 saturated carbocycles. The van der Waals surface area contributed by atoms with Crippen molar-refractivity contribution in [2.75, 3.05) is 19.8 Å². The first-order valence-corrected chi connectivity index (χ1v) is 20.4. The minimum Gasteiger partial charge on any atom is -0.394 e. The highest BCUT2D eigenvalue weighted by Crippen LogP contribution is 2.71. The van der Waals surface area contributed by atoms with Gasteiger partial charge in [-0.25, -0.2) is 0 Å². The van der Waals surface area contributed by atoms with E-state index in [0.717, 1.165) is 51.6 Å². The molecule has 8 aliphatic rings. The predicted octanol–water partition coefficient (Wildman–Crippen LogP) is 0.413. The molecule has 304 valence electrons. The number of ether oxygens (including phenoxy) is 6. The zero-order chi connectivity index (χ0) is 37.8. The first-order chi connectivity index (χ1) is 25.1. The zero-order valence-electron chi connectivity index (χ0n) is 31.6. The zero-order valence-corrected chi connectivity index (χ0v) is 31.6. The molecule has 0 bridgehead atoms. The van der Waals surface area contributed by atoms with Gasteiger partial charge in [-0.2, -0.15) is 0 Å². The summed E-state index contributed by atoms with van der Waals surface area (Å²) < 4.78 is 36.7. The van der Waals surface area contributed by atoms with Crippen LogP contribution in [0, 0.1) is 52.3 Å². The van der Waals surface area contributed by atoms with Gasteiger partial charge in [-0.1, -0.05) is 27.7 Å². The highest BCUT2D eigenvalue weighted by Gasteiger charge is 2.70. The van der Waals surface area contributed by atoms with Crippen LogP contribution in [-0.4, -0.2) is 146 Å². The topological polar surface area (TPSA) is 217 Å². The summed E-state index contributed by atoms with van der Waals surface area (Å²) in [6.07, 6.45) is -7.20. The summed E-state index contributed by atoms with van der Waals surface area (Å²) in [5.41, 5.74) is 0.0608. The normalized spacial score (nSPS) is 59.5. The van der Waals surface area contributed by atoms with Gasteiger partial charge in [-0.05, 0) is 97.7 Å². The van der Waals surface area contributed by atoms with Crippen molar-refractivity contribution in [1.29, 1.82) is 0 Å². The molecule has 23 atom stereocenters. The van der Waals surface area contributed by atoms with Gasteiger partial charge in [0.1, 0.15) is 48.8 Å². The van der Waals surface area contributed by atoms with Crippen LogP contribution in [0.15, 0.2) is 0 Å². The Kier molecular flexibility index (Phi) is 10.6. The molecule has 53 heavy (non-hydrogen) atoms. The number of fused-ring (bicyclic) bond motifs is 7. The van der Waals surface area contributed by atoms with Crippen molar-refractivity contribution >= 4 is 0 Å². The lowest BCUT2D eigenvalue weighted by Crippen LogP contribution is -2.62. The number of aliphatic hydroxyl groups is 8. The molecule has 0 radical (unpaired) electrons. The van der Waals surface area contributed by atoms with Gasteiger partial charge in [0.2, 0.25) is 0 Å². The quantitative estimate of drug-likeness (QED) is 0.173. The fourth-order valence-electron chi connectivity index (χ4n) is 13.3. The Morgan fingerprint density at radius 3 is 2.09 bits per heavy atom. The average Bonchev–Trinajstić information content (AvgIpc) is 3.56. The smallest absolute Gasteiger partial charge is 0.186 e. The lowest BCUT2D eigenvalue weighted by Gasteiger charge is -2.62. The lowest BCUT2D eigenvalue weighted by molar-refractivity contribution is -0.338. The molecular formula is C39H64O14. The van der Waals surface area contributed by atoms with E-state index in [1.165, 1.54) is 0 Å². The largest absolute Gasteiger partial charge is 0.394 e. The lowest BCUT2D eigenvalue weighted by atomic mass is 9.43. The maximum atomic E-state index is 11.9. The molecule has 8 fully saturated rings. The van der Waals surface area contributed by atoms with E-state index in [1.807, 2.05) is 0 Å². The van der Waals surface area contributed by atoms with Crippen LogP contribution in [-0.2, 0) is 28.4 Å². The molecule has 4 heterocycles. The van der Waals surface area contributed by atoms with Crippen LogP contribution in [0.5, 0.6) is 0 Å². The fourth-order valence-corrected chi connectivity index (χ4v) is 13.3. The van der Waals surface area contributed by atoms with Crippen molar-refractivity contribution in [1.82, 2.24) is 0 Å². The first kappa shape index (κ1) is 39.3. The molecule has 4 saturated heterocycles. The Balaban J connectivity index is 0.908. The van der Waals surface area contributed by atoms with Gasteiger partial charge >= 0.3 is 0 Å². The minimum absolute atomic E-state index is 0.00936. The number of hydrogen-bond donors (Lipinski definition) is 8. The third-order valence-corrected chi connectivity index (χ3v) is 16.2. The van der Waals surface area contributed by atoms with E-state index in [0.29, 0.717) is 48.3 Å². The van der Waals surface area contributed by atoms with Gasteiger partial charge in [-0.15, -0.1) is 0 Å². The molecule has 0 aromatic heterocycles. The second-order valence-corrected chi connectivity index (χ2v) is 18.9. The second kappa shape index (κ2) is 14.4. The van der Waals surface area contributed by atoms with E-state index < -0.39 is 86.5 Å². The third kappa shape index (κ3) is 6.29. The molecule has 0 aromatic rings. The minimum atomic E-state index is -1.65. The number of hydrogen-bond acceptors (Lipinski definition) is 14. The molecule has 14 nitrogen and oxygen atoms in total. The standard InChI is InChI=1S/C39H64O14/c1-17-7-10-49-39(14-17)18(2)28-25(53-39)13-22-20-12-24(41)23-11-19(5-8-37(23,3)21(20)6-9-38(22,28)4)50-36-34(47)32(45)30(43)27(52-36)16-48-35-33(46)31(44)29(42)26(15-40)51-35/h17-36,40-47H,5-16H2,1-4H3/t17-,18-,19+,20+,21-,22-,23-,24+,25-,26-,27+,28-,29-,30+,31-,32-,33+,34+,35-,36+,37+,38-,39-/m1/s1. The highest BCUT2D eigenvalue weighted by atomic mass is 16.7. The van der Waals surface area contributed by atoms with Gasteiger partial charge in [0.05, 0.1) is 38.1 Å². The summed E-state index contributed by atoms with van der Waals surface area (Å²) >= 11 is 0. The third-order valence-electron chi connectivity index (χ3n) is 16.2. The molecule has 4 aliphatic carbocycles. The van der Waals surface area contributed by atoms with Crippen molar-refractivity contribution in [2.24, 2.45) is 52.3 Å². The van der Waals surface area contributed by atoms with Crippen LogP contribution in [0.2, 0.25) is 0 Å². The predicted molar refractivity (Wildman–Crippen MR) is 184 cm³/mol. The van der Waals surface area contributed by atoms with Gasteiger partial charge in [0, 0.05) is 12.3 Å². The molecule has 0 unspecified atom stereocenters. The first-order valence-electron chi connectivity index (χ1n) is 20.4. The van der Waals surface area contributed by atoms with E-state index in [-0.39, 0.29) is 29.0 Å². The van der Waals surface area contributed by atoms with Crippen molar-refractivity contribution in [2.45, 2.75) is 171 Å². The summed E-state index contributed by atoms with van der Waals surface area (Å²) in [4.78, 5) is 0. The summed E-state index contributed by atoms with van der Waals surface area (Å²) in [6, 6.07) is 0. The van der Waals surface area contributed by atoms with E-state index in [4.69, 9.17) is 28.4 Å². The molecule has 4 aliphatic heterocycles. The van der Waals surface area contributed by atoms with Gasteiger partial charge in [-0.3, -0.25) is 0 Å². The van der Waals surface area contributed by atoms with E-state index >= 15 is 0 Å². The van der Waals surface area contributed by atoms with Crippen LogP contribution in [0.25, 0.3) is 0 Å². The Morgan fingerprint density at radius 2 is 1.38 bits per heavy atom. The van der Waals surface area contributed by atoms with E-state index in [9.17, 15) is 40.9 Å². The SMILES string of the molecule is C[C@@H]1CCO[C@]2(C1)O[C@@H]1C[C@@H]3[C@H]4C[C@H](O)[C@H]5C[C@@H](O[C@H]6O[C@@H](CO[C@@H]7O[C@H](CO)[C@@H](O)[C@@H](O)[C@@H]7O)[C@H](O)[C@@H](O)[C@@H]6O)CC[C@@]5(C)[C@@H]4CC[C@@]3(C)[C@@H]1[C@H]2C. The van der Waals surface area contributed by atoms with Gasteiger partial charge < -0.3 is 69.3 Å². The summed E-state index contributed by atoms with van der Waals surface area (Å²) in [7, 11) is 0. The van der Waals surface area contributed by atoms with Crippen molar-refractivity contribution in [3.63, 3.8) is 0 Å². The molecule has 8 rings (SSSR count). The van der Waals surface area contributed by atoms with Crippen LogP contribution in [0.1, 0.15) is 85.5 Å². The van der Waals surface area contributed by atoms with Crippen LogP contribution in [0.3, 0.4) is 0 Å². The molecule has 8 N–H and O–H groups in total. The summed E-state index contributed by atoms with van der Waals surface area (Å²) in [5, 5.41) is 84.3. The average molecular weight is 757 g/mol. The maximum Gasteiger partial charge on any atom is 0.186 e. The summed E-state index contributed by atoms with van der Waals surface area (Å²) in [5.74, 6) is 2.29. The van der Waals surface area contributed by atoms with Crippen molar-refractivity contribution in [3.05, 3.63) is 0 Å². The Bertz CT molecular complexity index is 1310. The van der Waals surface area contributed by atoms with Crippen molar-refractivity contribution < 1.29 is 69.3 Å². The van der Waals surface area contributed by atoms with Crippen LogP contribution < -0.4 is 0 Å². The van der Waals surface area contributed by atoms with Crippen molar-refractivity contribution in [3.8, 4) is 0 Å². The van der Waals surface area contributed by atoms with Crippen LogP contribution >= 0.6 is 0 Å². The maximum absolute atomic E-state index is 11.9. The molecule has 14 heteroatoms. The van der Waals surface area contributed by atoms with E-state index in [2.05, 4.69) is 27.7 Å². The molecule has 1 spiro atoms. The van der Waals surface area contributed by atoms with Crippen LogP contribution in [0.4, 0.5) is 0 Å². The highest BCUT2D eigenvalue weighted by molar-refractivity contribution is 5.16. The fraction of sp³-hybridized carbons (Fsp3) is 1.00. The number of rotatable bonds is 6. The monoisotopic (exact) mass is 756 g/mol. The molecule has 0 amide bonds. The van der Waals surface area contributed by atoms with E-state index in [1.54, 1.807) is 0 Å². The van der Waals surface area contributed by atoms with Gasteiger partial charge in [0.25, 0.3) is 0 Å². The molecule has 0 aromatic carbocycles. The Morgan fingerprint density at radius 1 is 0.698 bits per heavy atom. The Labute approximate surface area is 312 Å². The summed E-state index contributed by atoms with van der Waals surface area (Å²) in [6.45, 7) is 9.25. The van der Waals surface area contributed by atoms with Gasteiger partial charge in [0.15, 0.2) is 18.4 Å². The number of aliphatic hydroxyl groups excluding tert-OH is 8. The molecular weight excluding hydrogens is 692 g/mol. The second-order valence-electron chi connectivity index (χ2n) is 18.9. The Hall–Kier alpha value is -0.560.